The van der Waals surface area contributed by atoms with E-state index in [1.807, 2.05) is 6.92 Å². The van der Waals surface area contributed by atoms with Crippen molar-refractivity contribution in [3.8, 4) is 0 Å². The Kier molecular flexibility index (Phi) is 5.47. The number of hydrogen-bond donors (Lipinski definition) is 1. The van der Waals surface area contributed by atoms with E-state index in [0.29, 0.717) is 6.54 Å². The predicted octanol–water partition coefficient (Wildman–Crippen LogP) is 0.359. The van der Waals surface area contributed by atoms with E-state index in [1.165, 1.54) is 5.32 Å². The summed E-state index contributed by atoms with van der Waals surface area (Å²) in [5.41, 5.74) is 0. The van der Waals surface area contributed by atoms with E-state index in [-0.39, 0.29) is 6.03 Å². The highest BCUT2D eigenvalue weighted by atomic mass is 16.2. The largest absolute Gasteiger partial charge is 0.395 e. The molecule has 0 aromatic heterocycles. The van der Waals surface area contributed by atoms with Crippen molar-refractivity contribution >= 4 is 6.03 Å². The second kappa shape index (κ2) is 5.92. The minimum absolute atomic E-state index is 0.0215. The van der Waals surface area contributed by atoms with E-state index in [4.69, 9.17) is 0 Å². The molecule has 0 saturated heterocycles. The average molecular weight is 156 g/mol. The van der Waals surface area contributed by atoms with Crippen LogP contribution in [0.1, 0.15) is 13.3 Å². The van der Waals surface area contributed by atoms with Gasteiger partial charge in [0.2, 0.25) is 0 Å². The van der Waals surface area contributed by atoms with Crippen LogP contribution in [0.3, 0.4) is 0 Å². The molecule has 64 valence electrons. The van der Waals surface area contributed by atoms with Crippen LogP contribution >= 0.6 is 0 Å². The molecular weight excluding hydrogens is 140 g/mol. The van der Waals surface area contributed by atoms with Crippen molar-refractivity contribution in [3.63, 3.8) is 0 Å². The molecule has 0 heterocycles. The van der Waals surface area contributed by atoms with Crippen molar-refractivity contribution in [2.45, 2.75) is 13.3 Å². The molecule has 0 unspecified atom stereocenters. The van der Waals surface area contributed by atoms with E-state index in [9.17, 15) is 4.79 Å². The molecule has 0 aliphatic rings. The van der Waals surface area contributed by atoms with Gasteiger partial charge in [-0.2, -0.15) is 0 Å². The third kappa shape index (κ3) is 3.78. The molecule has 2 N–H and O–H groups in total. The van der Waals surface area contributed by atoms with Crippen LogP contribution in [-0.4, -0.2) is 24.0 Å². The fourth-order valence-corrected chi connectivity index (χ4v) is 0.846. The van der Waals surface area contributed by atoms with E-state index < -0.39 is 0 Å². The number of primary amides is 1. The number of carbonyl (C=O) groups excluding carboxylic acids is 1. The lowest BCUT2D eigenvalue weighted by atomic mass is 10.4. The Labute approximate surface area is 68.1 Å². The standard InChI is InChI=1S/C8H16N2O/c1-4-6-10(7-5-2)8(11)9-3/h4H,1,3,5-7,9H2,2H3. The van der Waals surface area contributed by atoms with Crippen LogP contribution in [0.5, 0.6) is 0 Å². The highest BCUT2D eigenvalue weighted by Gasteiger charge is 2.09. The molecule has 0 aromatic rings. The number of amides is 2. The Morgan fingerprint density at radius 1 is 1.82 bits per heavy atom. The third-order valence-electron chi connectivity index (χ3n) is 1.33. The maximum Gasteiger partial charge on any atom is 0.389 e. The number of nitrogens with zero attached hydrogens (tertiary/aromatic N) is 1. The molecule has 3 heteroatoms. The molecular formula is C8H16N2O. The fraction of sp³-hybridized carbons (Fsp3) is 0.500. The molecule has 2 amide bonds. The Bertz CT molecular complexity index is 134. The zero-order valence-corrected chi connectivity index (χ0v) is 7.05. The van der Waals surface area contributed by atoms with Crippen LogP contribution in [-0.2, 0) is 0 Å². The van der Waals surface area contributed by atoms with Gasteiger partial charge in [-0.05, 0) is 6.42 Å². The highest BCUT2D eigenvalue weighted by molar-refractivity contribution is 5.63. The number of urea groups is 1. The molecule has 0 bridgehead atoms. The SMILES string of the molecule is C=CCN(CCC)C(=O)[NH2+][CH2-]. The maximum atomic E-state index is 11.1. The summed E-state index contributed by atoms with van der Waals surface area (Å²) in [6.45, 7) is 6.99. The van der Waals surface area contributed by atoms with Gasteiger partial charge in [-0.3, -0.25) is 4.90 Å². The van der Waals surface area contributed by atoms with Gasteiger partial charge in [-0.1, -0.05) is 13.0 Å². The summed E-state index contributed by atoms with van der Waals surface area (Å²) < 4.78 is 0. The topological polar surface area (TPSA) is 36.9 Å². The number of hydrogen-bond acceptors (Lipinski definition) is 1. The van der Waals surface area contributed by atoms with Crippen molar-refractivity contribution in [1.82, 2.24) is 4.90 Å². The van der Waals surface area contributed by atoms with Crippen LogP contribution in [0.4, 0.5) is 4.79 Å². The summed E-state index contributed by atoms with van der Waals surface area (Å²) in [6.07, 6.45) is 2.68. The van der Waals surface area contributed by atoms with Crippen LogP contribution in [0.2, 0.25) is 0 Å². The van der Waals surface area contributed by atoms with Gasteiger partial charge in [-0.15, -0.1) is 13.6 Å². The predicted molar refractivity (Wildman–Crippen MR) is 44.7 cm³/mol. The lowest BCUT2D eigenvalue weighted by Crippen LogP contribution is -2.84. The molecule has 11 heavy (non-hydrogen) atoms. The van der Waals surface area contributed by atoms with Gasteiger partial charge in [0.25, 0.3) is 0 Å². The molecule has 0 atom stereocenters. The summed E-state index contributed by atoms with van der Waals surface area (Å²) in [4.78, 5) is 12.8. The Balaban J connectivity index is 3.86. The molecule has 0 saturated carbocycles. The molecule has 0 fully saturated rings. The molecule has 0 aliphatic heterocycles. The first-order chi connectivity index (χ1) is 5.26. The van der Waals surface area contributed by atoms with Gasteiger partial charge in [0.1, 0.15) is 0 Å². The number of quaternary nitrogens is 1. The molecule has 0 aliphatic carbocycles. The Morgan fingerprint density at radius 3 is 2.82 bits per heavy atom. The van der Waals surface area contributed by atoms with Crippen LogP contribution in [0, 0.1) is 7.05 Å². The quantitative estimate of drug-likeness (QED) is 0.463. The molecule has 0 aromatic carbocycles. The molecule has 0 rings (SSSR count). The van der Waals surface area contributed by atoms with Gasteiger partial charge in [-0.25, -0.2) is 4.79 Å². The van der Waals surface area contributed by atoms with Gasteiger partial charge >= 0.3 is 6.03 Å². The first kappa shape index (κ1) is 10.2. The van der Waals surface area contributed by atoms with Crippen LogP contribution < -0.4 is 5.32 Å². The van der Waals surface area contributed by atoms with Crippen molar-refractivity contribution in [2.75, 3.05) is 13.1 Å². The summed E-state index contributed by atoms with van der Waals surface area (Å²) in [5.74, 6) is 0. The van der Waals surface area contributed by atoms with Crippen molar-refractivity contribution in [3.05, 3.63) is 19.7 Å². The summed E-state index contributed by atoms with van der Waals surface area (Å²) in [7, 11) is 3.42. The Hall–Kier alpha value is -0.830. The van der Waals surface area contributed by atoms with E-state index in [2.05, 4.69) is 13.6 Å². The minimum atomic E-state index is -0.0215. The van der Waals surface area contributed by atoms with Crippen LogP contribution in [0.25, 0.3) is 0 Å². The smallest absolute Gasteiger partial charge is 0.389 e. The van der Waals surface area contributed by atoms with Crippen molar-refractivity contribution in [1.29, 1.82) is 0 Å². The lowest BCUT2D eigenvalue weighted by Gasteiger charge is -2.17. The second-order valence-corrected chi connectivity index (χ2v) is 2.28. The van der Waals surface area contributed by atoms with Gasteiger partial charge in [0.05, 0.1) is 0 Å². The van der Waals surface area contributed by atoms with Gasteiger partial charge < -0.3 is 5.32 Å². The first-order valence-corrected chi connectivity index (χ1v) is 3.78. The molecule has 0 spiro atoms. The number of nitrogens with two attached hydrogens (primary N) is 1. The Morgan fingerprint density at radius 2 is 2.45 bits per heavy atom. The monoisotopic (exact) mass is 156 g/mol. The van der Waals surface area contributed by atoms with Gasteiger partial charge in [0.15, 0.2) is 0 Å². The number of rotatable bonds is 4. The minimum Gasteiger partial charge on any atom is -0.395 e. The lowest BCUT2D eigenvalue weighted by molar-refractivity contribution is -0.497. The molecule has 3 nitrogen and oxygen atoms in total. The van der Waals surface area contributed by atoms with E-state index >= 15 is 0 Å². The fourth-order valence-electron chi connectivity index (χ4n) is 0.846. The van der Waals surface area contributed by atoms with Crippen molar-refractivity contribution < 1.29 is 10.1 Å². The normalized spacial score (nSPS) is 9.27. The summed E-state index contributed by atoms with van der Waals surface area (Å²) in [6, 6.07) is -0.0215. The van der Waals surface area contributed by atoms with E-state index in [1.54, 1.807) is 11.0 Å². The average Bonchev–Trinajstić information content (AvgIpc) is 2.03. The first-order valence-electron chi connectivity index (χ1n) is 3.78. The second-order valence-electron chi connectivity index (χ2n) is 2.28. The maximum absolute atomic E-state index is 11.1. The summed E-state index contributed by atoms with van der Waals surface area (Å²) in [5, 5.41) is 1.33. The van der Waals surface area contributed by atoms with E-state index in [0.717, 1.165) is 13.0 Å². The zero-order chi connectivity index (χ0) is 8.69. The highest BCUT2D eigenvalue weighted by Crippen LogP contribution is 1.89. The number of carbonyl (C=O) groups is 1. The third-order valence-corrected chi connectivity index (χ3v) is 1.33. The summed E-state index contributed by atoms with van der Waals surface area (Å²) >= 11 is 0. The van der Waals surface area contributed by atoms with Crippen LogP contribution in [0.15, 0.2) is 12.7 Å². The molecule has 0 radical (unpaired) electrons. The van der Waals surface area contributed by atoms with Crippen molar-refractivity contribution in [2.24, 2.45) is 0 Å². The van der Waals surface area contributed by atoms with Gasteiger partial charge in [0, 0.05) is 13.1 Å². The zero-order valence-electron chi connectivity index (χ0n) is 7.05.